The van der Waals surface area contributed by atoms with E-state index < -0.39 is 0 Å². The number of H-pyrrole nitrogens is 1. The SMILES string of the molecule is COCc1nc(C2CCCC2)c(I)c(=O)[nH]1. The summed E-state index contributed by atoms with van der Waals surface area (Å²) in [5, 5.41) is 0. The Morgan fingerprint density at radius 2 is 2.19 bits per heavy atom. The van der Waals surface area contributed by atoms with Gasteiger partial charge in [-0.3, -0.25) is 4.79 Å². The summed E-state index contributed by atoms with van der Waals surface area (Å²) in [6.45, 7) is 0.367. The lowest BCUT2D eigenvalue weighted by molar-refractivity contribution is 0.177. The molecule has 1 heterocycles. The Bertz CT molecular complexity index is 424. The smallest absolute Gasteiger partial charge is 0.264 e. The number of hydrogen-bond acceptors (Lipinski definition) is 3. The van der Waals surface area contributed by atoms with Crippen LogP contribution >= 0.6 is 22.6 Å². The van der Waals surface area contributed by atoms with Crippen molar-refractivity contribution in [3.63, 3.8) is 0 Å². The third-order valence-corrected chi connectivity index (χ3v) is 4.00. The molecule has 0 spiro atoms. The minimum absolute atomic E-state index is 0.0375. The van der Waals surface area contributed by atoms with Crippen LogP contribution in [0.1, 0.15) is 43.1 Å². The highest BCUT2D eigenvalue weighted by molar-refractivity contribution is 14.1. The molecular formula is C11H15IN2O2. The van der Waals surface area contributed by atoms with Crippen molar-refractivity contribution in [3.8, 4) is 0 Å². The van der Waals surface area contributed by atoms with Gasteiger partial charge in [0.05, 0.1) is 9.26 Å². The van der Waals surface area contributed by atoms with Crippen LogP contribution in [0.2, 0.25) is 0 Å². The number of nitrogens with one attached hydrogen (secondary N) is 1. The predicted octanol–water partition coefficient (Wildman–Crippen LogP) is 2.18. The summed E-state index contributed by atoms with van der Waals surface area (Å²) < 4.78 is 5.75. The largest absolute Gasteiger partial charge is 0.377 e. The molecule has 88 valence electrons. The number of aromatic nitrogens is 2. The number of halogens is 1. The fourth-order valence-corrected chi connectivity index (χ4v) is 2.90. The summed E-state index contributed by atoms with van der Waals surface area (Å²) in [7, 11) is 1.60. The number of ether oxygens (including phenoxy) is 1. The monoisotopic (exact) mass is 334 g/mol. The topological polar surface area (TPSA) is 55.0 Å². The first kappa shape index (κ1) is 12.0. The van der Waals surface area contributed by atoms with Crippen molar-refractivity contribution in [2.75, 3.05) is 7.11 Å². The highest BCUT2D eigenvalue weighted by Gasteiger charge is 2.22. The molecule has 1 saturated carbocycles. The molecule has 0 aliphatic heterocycles. The Hall–Kier alpha value is -0.430. The summed E-state index contributed by atoms with van der Waals surface area (Å²) in [4.78, 5) is 19.0. The summed E-state index contributed by atoms with van der Waals surface area (Å²) in [6.07, 6.45) is 4.79. The maximum Gasteiger partial charge on any atom is 0.264 e. The molecule has 1 N–H and O–H groups in total. The maximum atomic E-state index is 11.7. The van der Waals surface area contributed by atoms with Crippen LogP contribution in [0.3, 0.4) is 0 Å². The van der Waals surface area contributed by atoms with E-state index in [0.717, 1.165) is 22.1 Å². The lowest BCUT2D eigenvalue weighted by Gasteiger charge is -2.11. The first-order chi connectivity index (χ1) is 7.72. The van der Waals surface area contributed by atoms with Gasteiger partial charge in [-0.2, -0.15) is 0 Å². The molecule has 0 unspecified atom stereocenters. The highest BCUT2D eigenvalue weighted by atomic mass is 127. The Morgan fingerprint density at radius 1 is 1.50 bits per heavy atom. The minimum Gasteiger partial charge on any atom is -0.377 e. The van der Waals surface area contributed by atoms with Crippen LogP contribution in [0.15, 0.2) is 4.79 Å². The third-order valence-electron chi connectivity index (χ3n) is 2.96. The normalized spacial score (nSPS) is 16.9. The predicted molar refractivity (Wildman–Crippen MR) is 69.5 cm³/mol. The van der Waals surface area contributed by atoms with Gasteiger partial charge in [-0.05, 0) is 35.4 Å². The van der Waals surface area contributed by atoms with E-state index in [1.807, 2.05) is 0 Å². The van der Waals surface area contributed by atoms with Crippen LogP contribution in [0.4, 0.5) is 0 Å². The van der Waals surface area contributed by atoms with E-state index in [1.165, 1.54) is 12.8 Å². The second-order valence-electron chi connectivity index (χ2n) is 4.13. The van der Waals surface area contributed by atoms with Gasteiger partial charge in [0.2, 0.25) is 0 Å². The molecule has 0 bridgehead atoms. The number of rotatable bonds is 3. The van der Waals surface area contributed by atoms with Crippen molar-refractivity contribution >= 4 is 22.6 Å². The minimum atomic E-state index is -0.0375. The molecule has 0 amide bonds. The molecule has 1 aromatic heterocycles. The fraction of sp³-hybridized carbons (Fsp3) is 0.636. The van der Waals surface area contributed by atoms with Gasteiger partial charge in [-0.25, -0.2) is 4.98 Å². The Kier molecular flexibility index (Phi) is 3.96. The van der Waals surface area contributed by atoms with Gasteiger partial charge in [0.1, 0.15) is 12.4 Å². The van der Waals surface area contributed by atoms with Crippen LogP contribution in [0.25, 0.3) is 0 Å². The van der Waals surface area contributed by atoms with E-state index >= 15 is 0 Å². The lowest BCUT2D eigenvalue weighted by Crippen LogP contribution is -2.19. The van der Waals surface area contributed by atoms with Crippen molar-refractivity contribution in [1.29, 1.82) is 0 Å². The van der Waals surface area contributed by atoms with Crippen molar-refractivity contribution in [1.82, 2.24) is 9.97 Å². The van der Waals surface area contributed by atoms with Crippen LogP contribution in [0, 0.1) is 3.57 Å². The summed E-state index contributed by atoms with van der Waals surface area (Å²) >= 11 is 2.09. The first-order valence-electron chi connectivity index (χ1n) is 5.50. The Balaban J connectivity index is 2.37. The average Bonchev–Trinajstić information content (AvgIpc) is 2.76. The number of methoxy groups -OCH3 is 1. The van der Waals surface area contributed by atoms with E-state index in [0.29, 0.717) is 18.3 Å². The van der Waals surface area contributed by atoms with Crippen molar-refractivity contribution in [2.24, 2.45) is 0 Å². The summed E-state index contributed by atoms with van der Waals surface area (Å²) in [6, 6.07) is 0. The van der Waals surface area contributed by atoms with Crippen molar-refractivity contribution < 1.29 is 4.74 Å². The number of hydrogen-bond donors (Lipinski definition) is 1. The molecule has 5 heteroatoms. The molecular weight excluding hydrogens is 319 g/mol. The fourth-order valence-electron chi connectivity index (χ4n) is 2.20. The molecule has 0 radical (unpaired) electrons. The lowest BCUT2D eigenvalue weighted by atomic mass is 10.0. The van der Waals surface area contributed by atoms with Gasteiger partial charge in [-0.15, -0.1) is 0 Å². The van der Waals surface area contributed by atoms with E-state index in [1.54, 1.807) is 7.11 Å². The van der Waals surface area contributed by atoms with Gasteiger partial charge in [0.25, 0.3) is 5.56 Å². The average molecular weight is 334 g/mol. The van der Waals surface area contributed by atoms with Gasteiger partial charge in [-0.1, -0.05) is 12.8 Å². The van der Waals surface area contributed by atoms with Crippen LogP contribution in [0.5, 0.6) is 0 Å². The highest BCUT2D eigenvalue weighted by Crippen LogP contribution is 2.34. The maximum absolute atomic E-state index is 11.7. The standard InChI is InChI=1S/C11H15IN2O2/c1-16-6-8-13-10(7-4-2-3-5-7)9(12)11(15)14-8/h7H,2-6H2,1H3,(H,13,14,15). The second kappa shape index (κ2) is 5.27. The van der Waals surface area contributed by atoms with E-state index in [9.17, 15) is 4.79 Å². The van der Waals surface area contributed by atoms with E-state index in [2.05, 4.69) is 32.6 Å². The molecule has 0 aromatic carbocycles. The zero-order valence-electron chi connectivity index (χ0n) is 9.25. The van der Waals surface area contributed by atoms with Crippen LogP contribution in [-0.2, 0) is 11.3 Å². The molecule has 1 aliphatic rings. The second-order valence-corrected chi connectivity index (χ2v) is 5.20. The Morgan fingerprint density at radius 3 is 2.81 bits per heavy atom. The molecule has 1 fully saturated rings. The van der Waals surface area contributed by atoms with Crippen molar-refractivity contribution in [2.45, 2.75) is 38.2 Å². The Labute approximate surface area is 108 Å². The van der Waals surface area contributed by atoms with Gasteiger partial charge in [0.15, 0.2) is 0 Å². The van der Waals surface area contributed by atoms with Crippen molar-refractivity contribution in [3.05, 3.63) is 25.4 Å². The molecule has 0 atom stereocenters. The van der Waals surface area contributed by atoms with Crippen LogP contribution < -0.4 is 5.56 Å². The molecule has 2 rings (SSSR count). The van der Waals surface area contributed by atoms with E-state index in [-0.39, 0.29) is 5.56 Å². The molecule has 1 aromatic rings. The van der Waals surface area contributed by atoms with Gasteiger partial charge < -0.3 is 9.72 Å². The summed E-state index contributed by atoms with van der Waals surface area (Å²) in [5.41, 5.74) is 0.929. The van der Waals surface area contributed by atoms with Gasteiger partial charge in [0, 0.05) is 13.0 Å². The zero-order chi connectivity index (χ0) is 11.5. The van der Waals surface area contributed by atoms with Gasteiger partial charge >= 0.3 is 0 Å². The zero-order valence-corrected chi connectivity index (χ0v) is 11.4. The number of nitrogens with zero attached hydrogens (tertiary/aromatic N) is 1. The quantitative estimate of drug-likeness (QED) is 0.862. The molecule has 1 aliphatic carbocycles. The molecule has 4 nitrogen and oxygen atoms in total. The first-order valence-corrected chi connectivity index (χ1v) is 6.57. The summed E-state index contributed by atoms with van der Waals surface area (Å²) in [5.74, 6) is 1.10. The molecule has 0 saturated heterocycles. The number of aromatic amines is 1. The third kappa shape index (κ3) is 2.45. The van der Waals surface area contributed by atoms with E-state index in [4.69, 9.17) is 4.74 Å². The molecule has 16 heavy (non-hydrogen) atoms. The van der Waals surface area contributed by atoms with Crippen LogP contribution in [-0.4, -0.2) is 17.1 Å².